The van der Waals surface area contributed by atoms with E-state index in [0.717, 1.165) is 24.1 Å². The molecular weight excluding hydrogens is 380 g/mol. The summed E-state index contributed by atoms with van der Waals surface area (Å²) in [5.74, 6) is 1.11. The van der Waals surface area contributed by atoms with Gasteiger partial charge in [0, 0.05) is 18.2 Å². The van der Waals surface area contributed by atoms with E-state index in [2.05, 4.69) is 9.73 Å². The first-order chi connectivity index (χ1) is 14.0. The van der Waals surface area contributed by atoms with Gasteiger partial charge in [0.15, 0.2) is 17.1 Å². The van der Waals surface area contributed by atoms with E-state index in [-0.39, 0.29) is 11.5 Å². The van der Waals surface area contributed by atoms with Gasteiger partial charge in [-0.3, -0.25) is 0 Å². The molecule has 29 heavy (non-hydrogen) atoms. The second-order valence-electron chi connectivity index (χ2n) is 7.49. The molecule has 0 saturated heterocycles. The molecule has 7 heteroatoms. The molecule has 1 fully saturated rings. The predicted octanol–water partition coefficient (Wildman–Crippen LogP) is 5.05. The maximum Gasteiger partial charge on any atom is 0.387 e. The second kappa shape index (κ2) is 7.99. The van der Waals surface area contributed by atoms with Crippen molar-refractivity contribution in [1.82, 2.24) is 0 Å². The lowest BCUT2D eigenvalue weighted by Gasteiger charge is -2.35. The molecule has 5 nitrogen and oxygen atoms in total. The molecule has 0 aromatic heterocycles. The number of alkyl halides is 2. The number of methoxy groups -OCH3 is 1. The molecule has 154 valence electrons. The number of fused-ring (bicyclic) bond motifs is 1. The molecule has 2 aromatic rings. The van der Waals surface area contributed by atoms with Crippen molar-refractivity contribution >= 4 is 11.6 Å². The number of benzene rings is 2. The van der Waals surface area contributed by atoms with Crippen molar-refractivity contribution in [3.63, 3.8) is 0 Å². The van der Waals surface area contributed by atoms with Crippen LogP contribution in [0.3, 0.4) is 0 Å². The fourth-order valence-corrected chi connectivity index (χ4v) is 3.36. The minimum atomic E-state index is -2.93. The topological polar surface area (TPSA) is 49.3 Å². The Kier molecular flexibility index (Phi) is 5.41. The first-order valence-corrected chi connectivity index (χ1v) is 9.57. The van der Waals surface area contributed by atoms with E-state index in [1.807, 2.05) is 31.2 Å². The number of hydrogen-bond acceptors (Lipinski definition) is 5. The van der Waals surface area contributed by atoms with E-state index in [0.29, 0.717) is 30.6 Å². The highest BCUT2D eigenvalue weighted by Crippen LogP contribution is 2.40. The third-order valence-corrected chi connectivity index (χ3v) is 5.02. The summed E-state index contributed by atoms with van der Waals surface area (Å²) < 4.78 is 47.5. The van der Waals surface area contributed by atoms with Crippen LogP contribution >= 0.6 is 0 Å². The monoisotopic (exact) mass is 403 g/mol. The van der Waals surface area contributed by atoms with Gasteiger partial charge in [-0.2, -0.15) is 8.78 Å². The lowest BCUT2D eigenvalue weighted by Crippen LogP contribution is -2.36. The largest absolute Gasteiger partial charge is 0.489 e. The zero-order valence-corrected chi connectivity index (χ0v) is 16.4. The Bertz CT molecular complexity index is 913. The molecule has 4 rings (SSSR count). The van der Waals surface area contributed by atoms with E-state index in [9.17, 15) is 8.78 Å². The highest BCUT2D eigenvalue weighted by molar-refractivity contribution is 5.98. The minimum absolute atomic E-state index is 0.000799. The molecule has 1 unspecified atom stereocenters. The van der Waals surface area contributed by atoms with Crippen LogP contribution in [-0.4, -0.2) is 32.8 Å². The quantitative estimate of drug-likeness (QED) is 0.619. The predicted molar refractivity (Wildman–Crippen MR) is 104 cm³/mol. The van der Waals surface area contributed by atoms with Crippen LogP contribution in [0, 0.1) is 5.92 Å². The van der Waals surface area contributed by atoms with Gasteiger partial charge in [0.1, 0.15) is 0 Å². The fourth-order valence-electron chi connectivity index (χ4n) is 3.36. The van der Waals surface area contributed by atoms with Gasteiger partial charge in [0.05, 0.1) is 18.9 Å². The van der Waals surface area contributed by atoms with Gasteiger partial charge >= 0.3 is 6.61 Å². The summed E-state index contributed by atoms with van der Waals surface area (Å²) in [5.41, 5.74) is 1.60. The number of ether oxygens (including phenoxy) is 4. The van der Waals surface area contributed by atoms with Crippen LogP contribution in [0.15, 0.2) is 47.5 Å². The van der Waals surface area contributed by atoms with Crippen LogP contribution in [0.4, 0.5) is 14.5 Å². The molecule has 1 atom stereocenters. The lowest BCUT2D eigenvalue weighted by atomic mass is 9.93. The standard InChI is InChI=1S/C22H23F2NO4/c1-22(13-26-2)16-5-3-4-6-17(16)25-20(29-22)15-9-10-18(28-21(23)24)19(11-15)27-12-14-7-8-14/h3-6,9-11,14,21H,7-8,12-13H2,1-2H3. The van der Waals surface area contributed by atoms with Gasteiger partial charge in [-0.25, -0.2) is 4.99 Å². The van der Waals surface area contributed by atoms with Gasteiger partial charge < -0.3 is 18.9 Å². The highest BCUT2D eigenvalue weighted by atomic mass is 19.3. The van der Waals surface area contributed by atoms with E-state index < -0.39 is 12.2 Å². The van der Waals surface area contributed by atoms with Crippen molar-refractivity contribution in [3.05, 3.63) is 53.6 Å². The first-order valence-electron chi connectivity index (χ1n) is 9.57. The molecule has 0 spiro atoms. The average Bonchev–Trinajstić information content (AvgIpc) is 3.51. The number of nitrogens with zero attached hydrogens (tertiary/aromatic N) is 1. The Morgan fingerprint density at radius 2 is 1.97 bits per heavy atom. The summed E-state index contributed by atoms with van der Waals surface area (Å²) >= 11 is 0. The molecule has 2 aliphatic rings. The summed E-state index contributed by atoms with van der Waals surface area (Å²) in [7, 11) is 1.61. The van der Waals surface area contributed by atoms with Gasteiger partial charge in [-0.05, 0) is 49.9 Å². The van der Waals surface area contributed by atoms with E-state index >= 15 is 0 Å². The van der Waals surface area contributed by atoms with E-state index in [1.54, 1.807) is 19.2 Å². The van der Waals surface area contributed by atoms with Crippen LogP contribution in [0.5, 0.6) is 11.5 Å². The van der Waals surface area contributed by atoms with Crippen molar-refractivity contribution in [2.75, 3.05) is 20.3 Å². The molecule has 0 amide bonds. The first kappa shape index (κ1) is 19.6. The van der Waals surface area contributed by atoms with Gasteiger partial charge in [-0.15, -0.1) is 0 Å². The van der Waals surface area contributed by atoms with Crippen LogP contribution in [0.1, 0.15) is 30.9 Å². The summed E-state index contributed by atoms with van der Waals surface area (Å²) in [5, 5.41) is 0. The zero-order valence-electron chi connectivity index (χ0n) is 16.4. The molecule has 1 aliphatic carbocycles. The van der Waals surface area contributed by atoms with Crippen LogP contribution in [-0.2, 0) is 15.1 Å². The normalized spacial score (nSPS) is 20.7. The van der Waals surface area contributed by atoms with Crippen LogP contribution in [0.2, 0.25) is 0 Å². The number of halogens is 2. The van der Waals surface area contributed by atoms with Crippen molar-refractivity contribution in [3.8, 4) is 11.5 Å². The molecule has 1 heterocycles. The van der Waals surface area contributed by atoms with Crippen molar-refractivity contribution in [1.29, 1.82) is 0 Å². The molecule has 0 radical (unpaired) electrons. The smallest absolute Gasteiger partial charge is 0.387 e. The van der Waals surface area contributed by atoms with Crippen molar-refractivity contribution in [2.45, 2.75) is 32.0 Å². The summed E-state index contributed by atoms with van der Waals surface area (Å²) in [6.07, 6.45) is 2.18. The fraction of sp³-hybridized carbons (Fsp3) is 0.409. The number of para-hydroxylation sites is 1. The minimum Gasteiger partial charge on any atom is -0.489 e. The Morgan fingerprint density at radius 3 is 2.69 bits per heavy atom. The van der Waals surface area contributed by atoms with Gasteiger partial charge in [0.25, 0.3) is 0 Å². The van der Waals surface area contributed by atoms with E-state index in [1.165, 1.54) is 6.07 Å². The molecule has 1 saturated carbocycles. The second-order valence-corrected chi connectivity index (χ2v) is 7.49. The Hall–Kier alpha value is -2.67. The maximum atomic E-state index is 12.8. The Morgan fingerprint density at radius 1 is 1.17 bits per heavy atom. The van der Waals surface area contributed by atoms with Gasteiger partial charge in [-0.1, -0.05) is 18.2 Å². The molecule has 0 bridgehead atoms. The number of aliphatic imine (C=N–C) groups is 1. The molecule has 1 aliphatic heterocycles. The molecule has 2 aromatic carbocycles. The zero-order chi connectivity index (χ0) is 20.4. The van der Waals surface area contributed by atoms with Crippen molar-refractivity contribution < 1.29 is 27.7 Å². The molecule has 0 N–H and O–H groups in total. The third-order valence-electron chi connectivity index (χ3n) is 5.02. The van der Waals surface area contributed by atoms with Crippen LogP contribution in [0.25, 0.3) is 0 Å². The SMILES string of the molecule is COCC1(C)OC(c2ccc(OC(F)F)c(OCC3CC3)c2)=Nc2ccccc21. The van der Waals surface area contributed by atoms with Crippen molar-refractivity contribution in [2.24, 2.45) is 10.9 Å². The average molecular weight is 403 g/mol. The summed E-state index contributed by atoms with van der Waals surface area (Å²) in [6, 6.07) is 12.4. The maximum absolute atomic E-state index is 12.8. The summed E-state index contributed by atoms with van der Waals surface area (Å²) in [6.45, 7) is -0.186. The number of hydrogen-bond donors (Lipinski definition) is 0. The lowest BCUT2D eigenvalue weighted by molar-refractivity contribution is -0.0515. The summed E-state index contributed by atoms with van der Waals surface area (Å²) in [4.78, 5) is 4.63. The third kappa shape index (κ3) is 4.34. The van der Waals surface area contributed by atoms with Crippen LogP contribution < -0.4 is 9.47 Å². The highest BCUT2D eigenvalue weighted by Gasteiger charge is 2.36. The number of rotatable bonds is 8. The van der Waals surface area contributed by atoms with Gasteiger partial charge in [0.2, 0.25) is 5.90 Å². The van der Waals surface area contributed by atoms with E-state index in [4.69, 9.17) is 14.2 Å². The Balaban J connectivity index is 1.69. The molecular formula is C22H23F2NO4. The Labute approximate surface area is 168 Å².